The van der Waals surface area contributed by atoms with Crippen molar-refractivity contribution in [1.29, 1.82) is 0 Å². The Hall–Kier alpha value is -2.53. The lowest BCUT2D eigenvalue weighted by molar-refractivity contribution is 0.254. The first kappa shape index (κ1) is 23.7. The van der Waals surface area contributed by atoms with Gasteiger partial charge >= 0.3 is 0 Å². The highest BCUT2D eigenvalue weighted by Crippen LogP contribution is 2.31. The van der Waals surface area contributed by atoms with E-state index in [0.29, 0.717) is 23.2 Å². The number of aliphatic hydroxyl groups excluding tert-OH is 1. The number of nitrogen functional groups attached to an aromatic ring is 1. The Kier molecular flexibility index (Phi) is 7.90. The number of aliphatic hydroxyl groups is 1. The largest absolute Gasteiger partial charge is 0.395 e. The first-order valence-corrected chi connectivity index (χ1v) is 10.4. The molecule has 1 aromatic heterocycles. The molecule has 0 aliphatic rings. The number of nitrogens with zero attached hydrogens (tertiary/aromatic N) is 2. The summed E-state index contributed by atoms with van der Waals surface area (Å²) in [6.45, 7) is 1.45. The highest BCUT2D eigenvalue weighted by molar-refractivity contribution is 7.89. The number of anilines is 1. The topological polar surface area (TPSA) is 118 Å². The maximum absolute atomic E-state index is 14.8. The summed E-state index contributed by atoms with van der Waals surface area (Å²) in [7, 11) is -3.91. The van der Waals surface area contributed by atoms with Crippen LogP contribution >= 0.6 is 13.5 Å². The Morgan fingerprint density at radius 3 is 2.47 bits per heavy atom. The molecule has 0 saturated heterocycles. The summed E-state index contributed by atoms with van der Waals surface area (Å²) in [5.74, 6) is -0.339. The van der Waals surface area contributed by atoms with Crippen LogP contribution in [-0.4, -0.2) is 36.1 Å². The quantitative estimate of drug-likeness (QED) is 0.509. The third-order valence-corrected chi connectivity index (χ3v) is 6.02. The minimum absolute atomic E-state index is 0. The molecule has 0 aliphatic heterocycles. The SMILES string of the molecule is CC[C@@H](CO)NS(=O)(=O)c1ccccc1-c1ccc(-c2cnc(N)cn2)c(F)c1.S. The summed E-state index contributed by atoms with van der Waals surface area (Å²) in [5.41, 5.74) is 6.80. The van der Waals surface area contributed by atoms with Gasteiger partial charge in [-0.25, -0.2) is 22.5 Å². The van der Waals surface area contributed by atoms with Gasteiger partial charge in [-0.2, -0.15) is 13.5 Å². The van der Waals surface area contributed by atoms with Crippen molar-refractivity contribution in [3.63, 3.8) is 0 Å². The van der Waals surface area contributed by atoms with Gasteiger partial charge in [0.2, 0.25) is 10.0 Å². The van der Waals surface area contributed by atoms with Crippen LogP contribution in [0, 0.1) is 5.82 Å². The number of benzene rings is 2. The van der Waals surface area contributed by atoms with Crippen LogP contribution < -0.4 is 10.5 Å². The number of sulfonamides is 1. The van der Waals surface area contributed by atoms with E-state index in [2.05, 4.69) is 14.7 Å². The van der Waals surface area contributed by atoms with Crippen LogP contribution in [0.25, 0.3) is 22.4 Å². The third kappa shape index (κ3) is 5.14. The molecule has 3 rings (SSSR count). The molecule has 30 heavy (non-hydrogen) atoms. The first-order chi connectivity index (χ1) is 13.9. The van der Waals surface area contributed by atoms with E-state index < -0.39 is 21.9 Å². The van der Waals surface area contributed by atoms with Crippen LogP contribution in [0.4, 0.5) is 10.2 Å². The number of nitrogens with one attached hydrogen (secondary N) is 1. The van der Waals surface area contributed by atoms with Crippen molar-refractivity contribution in [3.05, 3.63) is 60.7 Å². The number of rotatable bonds is 7. The van der Waals surface area contributed by atoms with E-state index >= 15 is 0 Å². The summed E-state index contributed by atoms with van der Waals surface area (Å²) in [6.07, 6.45) is 3.14. The van der Waals surface area contributed by atoms with E-state index in [-0.39, 0.29) is 36.4 Å². The molecule has 2 aromatic carbocycles. The molecule has 160 valence electrons. The van der Waals surface area contributed by atoms with Gasteiger partial charge in [-0.1, -0.05) is 31.2 Å². The van der Waals surface area contributed by atoms with Gasteiger partial charge in [0.15, 0.2) is 0 Å². The molecule has 0 saturated carbocycles. The van der Waals surface area contributed by atoms with Crippen molar-refractivity contribution >= 4 is 29.3 Å². The summed E-state index contributed by atoms with van der Waals surface area (Å²) < 4.78 is 42.9. The normalized spacial score (nSPS) is 12.2. The standard InChI is InChI=1S/C20H21FN4O3S.H2S/c1-2-14(12-26)25-29(27,28)19-6-4-3-5-15(19)13-7-8-16(17(21)9-13)18-10-24-20(22)11-23-18;/h3-11,14,25-26H,2,12H2,1H3,(H2,22,24);1H2/t14-;/m0./s1. The zero-order valence-corrected chi connectivity index (χ0v) is 18.0. The van der Waals surface area contributed by atoms with Crippen molar-refractivity contribution in [2.24, 2.45) is 0 Å². The van der Waals surface area contributed by atoms with Gasteiger partial charge in [-0.15, -0.1) is 0 Å². The Labute approximate surface area is 181 Å². The summed E-state index contributed by atoms with van der Waals surface area (Å²) >= 11 is 0. The van der Waals surface area contributed by atoms with E-state index in [0.717, 1.165) is 0 Å². The smallest absolute Gasteiger partial charge is 0.241 e. The lowest BCUT2D eigenvalue weighted by Crippen LogP contribution is -2.37. The van der Waals surface area contributed by atoms with E-state index in [4.69, 9.17) is 5.73 Å². The molecule has 3 aromatic rings. The van der Waals surface area contributed by atoms with Gasteiger partial charge in [-0.3, -0.25) is 4.98 Å². The molecule has 0 spiro atoms. The average molecular weight is 451 g/mol. The van der Waals surface area contributed by atoms with Crippen LogP contribution in [0.2, 0.25) is 0 Å². The number of halogens is 1. The molecule has 1 atom stereocenters. The summed E-state index contributed by atoms with van der Waals surface area (Å²) in [5, 5.41) is 9.32. The molecule has 0 radical (unpaired) electrons. The minimum atomic E-state index is -3.91. The lowest BCUT2D eigenvalue weighted by atomic mass is 10.0. The lowest BCUT2D eigenvalue weighted by Gasteiger charge is -2.17. The Bertz CT molecular complexity index is 1110. The third-order valence-electron chi connectivity index (χ3n) is 4.44. The molecule has 0 bridgehead atoms. The zero-order valence-electron chi connectivity index (χ0n) is 16.2. The van der Waals surface area contributed by atoms with E-state index in [1.54, 1.807) is 31.2 Å². The number of nitrogens with two attached hydrogens (primary N) is 1. The van der Waals surface area contributed by atoms with Crippen LogP contribution in [-0.2, 0) is 10.0 Å². The van der Waals surface area contributed by atoms with E-state index in [9.17, 15) is 17.9 Å². The van der Waals surface area contributed by atoms with E-state index in [1.807, 2.05) is 0 Å². The zero-order chi connectivity index (χ0) is 21.0. The molecule has 0 unspecified atom stereocenters. The molecule has 10 heteroatoms. The first-order valence-electron chi connectivity index (χ1n) is 8.95. The number of hydrogen-bond donors (Lipinski definition) is 3. The molecular weight excluding hydrogens is 427 g/mol. The molecule has 7 nitrogen and oxygen atoms in total. The van der Waals surface area contributed by atoms with Gasteiger partial charge < -0.3 is 10.8 Å². The van der Waals surface area contributed by atoms with Crippen molar-refractivity contribution in [3.8, 4) is 22.4 Å². The van der Waals surface area contributed by atoms with E-state index in [1.165, 1.54) is 30.6 Å². The summed E-state index contributed by atoms with van der Waals surface area (Å²) in [6, 6.07) is 10.1. The van der Waals surface area contributed by atoms with Gasteiger partial charge in [0, 0.05) is 17.2 Å². The van der Waals surface area contributed by atoms with Gasteiger partial charge in [0.05, 0.1) is 29.6 Å². The predicted molar refractivity (Wildman–Crippen MR) is 119 cm³/mol. The highest BCUT2D eigenvalue weighted by Gasteiger charge is 2.22. The fourth-order valence-electron chi connectivity index (χ4n) is 2.84. The Morgan fingerprint density at radius 1 is 1.13 bits per heavy atom. The van der Waals surface area contributed by atoms with Crippen LogP contribution in [0.5, 0.6) is 0 Å². The van der Waals surface area contributed by atoms with Crippen molar-refractivity contribution < 1.29 is 17.9 Å². The maximum Gasteiger partial charge on any atom is 0.241 e. The number of hydrogen-bond acceptors (Lipinski definition) is 6. The molecule has 0 fully saturated rings. The summed E-state index contributed by atoms with van der Waals surface area (Å²) in [4.78, 5) is 7.98. The second-order valence-electron chi connectivity index (χ2n) is 6.43. The molecule has 0 aliphatic carbocycles. The maximum atomic E-state index is 14.8. The van der Waals surface area contributed by atoms with Crippen LogP contribution in [0.1, 0.15) is 13.3 Å². The predicted octanol–water partition coefficient (Wildman–Crippen LogP) is 2.69. The second kappa shape index (κ2) is 9.98. The molecule has 0 amide bonds. The van der Waals surface area contributed by atoms with Gasteiger partial charge in [-0.05, 0) is 30.2 Å². The van der Waals surface area contributed by atoms with Gasteiger partial charge in [0.25, 0.3) is 0 Å². The monoisotopic (exact) mass is 450 g/mol. The van der Waals surface area contributed by atoms with Gasteiger partial charge in [0.1, 0.15) is 11.6 Å². The molecular formula is C20H23FN4O3S2. The molecule has 4 N–H and O–H groups in total. The molecule has 1 heterocycles. The van der Waals surface area contributed by atoms with Crippen LogP contribution in [0.15, 0.2) is 59.8 Å². The van der Waals surface area contributed by atoms with Crippen molar-refractivity contribution in [1.82, 2.24) is 14.7 Å². The van der Waals surface area contributed by atoms with Crippen molar-refractivity contribution in [2.75, 3.05) is 12.3 Å². The fourth-order valence-corrected chi connectivity index (χ4v) is 4.38. The highest BCUT2D eigenvalue weighted by atomic mass is 32.2. The Balaban J connectivity index is 0.00000320. The average Bonchev–Trinajstić information content (AvgIpc) is 2.73. The second-order valence-corrected chi connectivity index (χ2v) is 8.11. The van der Waals surface area contributed by atoms with Crippen molar-refractivity contribution in [2.45, 2.75) is 24.3 Å². The van der Waals surface area contributed by atoms with Crippen LogP contribution in [0.3, 0.4) is 0 Å². The minimum Gasteiger partial charge on any atom is -0.395 e. The number of aromatic nitrogens is 2. The Morgan fingerprint density at radius 2 is 1.87 bits per heavy atom. The fraction of sp³-hybridized carbons (Fsp3) is 0.200.